The minimum absolute atomic E-state index is 0.120. The van der Waals surface area contributed by atoms with E-state index in [0.717, 1.165) is 12.8 Å². The van der Waals surface area contributed by atoms with Crippen LogP contribution >= 0.6 is 0 Å². The Kier molecular flexibility index (Phi) is 6.18. The highest BCUT2D eigenvalue weighted by atomic mass is 32.2. The number of sulfonamides is 1. The van der Waals surface area contributed by atoms with Crippen LogP contribution in [0, 0.1) is 5.92 Å². The maximum atomic E-state index is 12.5. The van der Waals surface area contributed by atoms with E-state index in [1.165, 1.54) is 0 Å². The van der Waals surface area contributed by atoms with Crippen molar-refractivity contribution in [1.29, 1.82) is 0 Å². The molecule has 0 spiro atoms. The highest BCUT2D eigenvalue weighted by Gasteiger charge is 2.35. The highest BCUT2D eigenvalue weighted by Crippen LogP contribution is 2.29. The smallest absolute Gasteiger partial charge is 0.407 e. The lowest BCUT2D eigenvalue weighted by Crippen LogP contribution is -2.46. The molecule has 28 heavy (non-hydrogen) atoms. The van der Waals surface area contributed by atoms with Gasteiger partial charge in [0.2, 0.25) is 5.91 Å². The Hall–Kier alpha value is -2.62. The molecule has 0 aliphatic carbocycles. The molecular formula is C18H24N4O5S. The molecule has 1 aromatic rings. The first kappa shape index (κ1) is 20.1. The van der Waals surface area contributed by atoms with Gasteiger partial charge in [-0.05, 0) is 31.9 Å². The summed E-state index contributed by atoms with van der Waals surface area (Å²) >= 11 is 0. The van der Waals surface area contributed by atoms with Gasteiger partial charge in [0.15, 0.2) is 5.84 Å². The summed E-state index contributed by atoms with van der Waals surface area (Å²) in [6, 6.07) is 6.74. The molecule has 10 heteroatoms. The summed E-state index contributed by atoms with van der Waals surface area (Å²) in [4.78, 5) is 25.8. The average molecular weight is 408 g/mol. The Labute approximate surface area is 164 Å². The first-order chi connectivity index (χ1) is 13.4. The quantitative estimate of drug-likeness (QED) is 0.693. The lowest BCUT2D eigenvalue weighted by molar-refractivity contribution is -0.126. The van der Waals surface area contributed by atoms with Crippen molar-refractivity contribution >= 4 is 27.9 Å². The van der Waals surface area contributed by atoms with Gasteiger partial charge in [0.1, 0.15) is 4.90 Å². The maximum Gasteiger partial charge on any atom is 0.407 e. The van der Waals surface area contributed by atoms with Crippen LogP contribution in [0.5, 0.6) is 0 Å². The average Bonchev–Trinajstić information content (AvgIpc) is 2.97. The normalized spacial score (nSPS) is 20.1. The number of ether oxygens (including phenoxy) is 1. The number of amidine groups is 1. The van der Waals surface area contributed by atoms with Gasteiger partial charge in [0, 0.05) is 31.7 Å². The molecule has 0 radical (unpaired) electrons. The second-order valence-corrected chi connectivity index (χ2v) is 8.18. The molecule has 1 fully saturated rings. The monoisotopic (exact) mass is 408 g/mol. The molecule has 9 nitrogen and oxygen atoms in total. The van der Waals surface area contributed by atoms with Crippen LogP contribution in [0.25, 0.3) is 0 Å². The number of hydrogen-bond acceptors (Lipinski definition) is 6. The lowest BCUT2D eigenvalue weighted by atomic mass is 9.96. The SMILES string of the molecule is CCOC(=O)NCCNC(=O)C1CCCN(C2=NS(=O)(=O)c3ccccc32)C1. The molecule has 1 atom stereocenters. The van der Waals surface area contributed by atoms with Crippen molar-refractivity contribution in [3.8, 4) is 0 Å². The van der Waals surface area contributed by atoms with Gasteiger partial charge in [-0.2, -0.15) is 8.42 Å². The number of nitrogens with one attached hydrogen (secondary N) is 2. The maximum absolute atomic E-state index is 12.5. The third kappa shape index (κ3) is 4.44. The topological polar surface area (TPSA) is 117 Å². The molecule has 2 amide bonds. The van der Waals surface area contributed by atoms with Crippen molar-refractivity contribution < 1.29 is 22.7 Å². The molecule has 2 aliphatic rings. The number of alkyl carbamates (subject to hydrolysis) is 1. The molecule has 1 aromatic carbocycles. The predicted molar refractivity (Wildman–Crippen MR) is 102 cm³/mol. The molecule has 3 rings (SSSR count). The van der Waals surface area contributed by atoms with E-state index >= 15 is 0 Å². The van der Waals surface area contributed by atoms with Crippen LogP contribution in [0.2, 0.25) is 0 Å². The molecule has 2 heterocycles. The number of carbonyl (C=O) groups excluding carboxylic acids is 2. The van der Waals surface area contributed by atoms with Gasteiger partial charge in [0.25, 0.3) is 10.0 Å². The molecule has 0 saturated carbocycles. The second kappa shape index (κ2) is 8.59. The zero-order valence-electron chi connectivity index (χ0n) is 15.7. The van der Waals surface area contributed by atoms with Gasteiger partial charge in [0.05, 0.1) is 12.5 Å². The summed E-state index contributed by atoms with van der Waals surface area (Å²) < 4.78 is 33.2. The van der Waals surface area contributed by atoms with Crippen molar-refractivity contribution in [1.82, 2.24) is 15.5 Å². The summed E-state index contributed by atoms with van der Waals surface area (Å²) in [5.41, 5.74) is 0.585. The van der Waals surface area contributed by atoms with E-state index in [2.05, 4.69) is 15.0 Å². The predicted octanol–water partition coefficient (Wildman–Crippen LogP) is 0.710. The summed E-state index contributed by atoms with van der Waals surface area (Å²) in [6.07, 6.45) is 0.968. The second-order valence-electron chi connectivity index (χ2n) is 6.61. The molecule has 0 bridgehead atoms. The summed E-state index contributed by atoms with van der Waals surface area (Å²) in [7, 11) is -3.68. The molecule has 152 valence electrons. The van der Waals surface area contributed by atoms with Crippen LogP contribution in [0.1, 0.15) is 25.3 Å². The number of carbonyl (C=O) groups is 2. The van der Waals surface area contributed by atoms with Gasteiger partial charge < -0.3 is 20.3 Å². The Bertz CT molecular complexity index is 884. The minimum atomic E-state index is -3.68. The lowest BCUT2D eigenvalue weighted by Gasteiger charge is -2.33. The Morgan fingerprint density at radius 2 is 2.00 bits per heavy atom. The van der Waals surface area contributed by atoms with E-state index in [1.54, 1.807) is 31.2 Å². The molecule has 2 N–H and O–H groups in total. The number of nitrogens with zero attached hydrogens (tertiary/aromatic N) is 2. The number of rotatable bonds is 5. The van der Waals surface area contributed by atoms with Gasteiger partial charge >= 0.3 is 6.09 Å². The van der Waals surface area contributed by atoms with Crippen molar-refractivity contribution in [2.75, 3.05) is 32.8 Å². The Morgan fingerprint density at radius 3 is 2.79 bits per heavy atom. The zero-order chi connectivity index (χ0) is 20.1. The first-order valence-electron chi connectivity index (χ1n) is 9.30. The molecule has 0 aromatic heterocycles. The van der Waals surface area contributed by atoms with Crippen molar-refractivity contribution in [2.45, 2.75) is 24.7 Å². The van der Waals surface area contributed by atoms with Gasteiger partial charge in [-0.1, -0.05) is 12.1 Å². The van der Waals surface area contributed by atoms with E-state index in [-0.39, 0.29) is 23.3 Å². The fraction of sp³-hybridized carbons (Fsp3) is 0.500. The molecule has 1 unspecified atom stereocenters. The molecular weight excluding hydrogens is 384 g/mol. The van der Waals surface area contributed by atoms with Crippen LogP contribution in [-0.4, -0.2) is 63.9 Å². The Balaban J connectivity index is 1.58. The van der Waals surface area contributed by atoms with E-state index in [0.29, 0.717) is 37.6 Å². The summed E-state index contributed by atoms with van der Waals surface area (Å²) in [5.74, 6) is 0.0247. The zero-order valence-corrected chi connectivity index (χ0v) is 16.5. The summed E-state index contributed by atoms with van der Waals surface area (Å²) in [6.45, 7) is 3.63. The van der Waals surface area contributed by atoms with Gasteiger partial charge in [-0.3, -0.25) is 4.79 Å². The first-order valence-corrected chi connectivity index (χ1v) is 10.7. The summed E-state index contributed by atoms with van der Waals surface area (Å²) in [5, 5.41) is 5.35. The highest BCUT2D eigenvalue weighted by molar-refractivity contribution is 7.90. The number of benzene rings is 1. The minimum Gasteiger partial charge on any atom is -0.450 e. The van der Waals surface area contributed by atoms with Gasteiger partial charge in [-0.15, -0.1) is 4.40 Å². The van der Waals surface area contributed by atoms with Crippen LogP contribution in [0.4, 0.5) is 4.79 Å². The van der Waals surface area contributed by atoms with Crippen LogP contribution in [0.3, 0.4) is 0 Å². The van der Waals surface area contributed by atoms with Crippen molar-refractivity contribution in [3.63, 3.8) is 0 Å². The number of hydrogen-bond donors (Lipinski definition) is 2. The third-order valence-corrected chi connectivity index (χ3v) is 6.00. The van der Waals surface area contributed by atoms with E-state index in [9.17, 15) is 18.0 Å². The fourth-order valence-corrected chi connectivity index (χ4v) is 4.60. The van der Waals surface area contributed by atoms with Crippen LogP contribution in [0.15, 0.2) is 33.6 Å². The fourth-order valence-electron chi connectivity index (χ4n) is 3.38. The Morgan fingerprint density at radius 1 is 1.25 bits per heavy atom. The van der Waals surface area contributed by atoms with Crippen molar-refractivity contribution in [3.05, 3.63) is 29.8 Å². The molecule has 2 aliphatic heterocycles. The van der Waals surface area contributed by atoms with E-state index < -0.39 is 16.1 Å². The standard InChI is InChI=1S/C18H24N4O5S/c1-2-27-18(24)20-10-9-19-17(23)13-6-5-11-22(12-13)16-14-7-3-4-8-15(14)28(25,26)21-16/h3-4,7-8,13H,2,5-6,9-12H2,1H3,(H,19,23)(H,20,24). The number of likely N-dealkylation sites (tertiary alicyclic amines) is 1. The number of amides is 2. The number of fused-ring (bicyclic) bond motifs is 1. The number of piperidine rings is 1. The van der Waals surface area contributed by atoms with Crippen LogP contribution in [-0.2, 0) is 19.6 Å². The third-order valence-electron chi connectivity index (χ3n) is 4.67. The molecule has 1 saturated heterocycles. The van der Waals surface area contributed by atoms with E-state index in [1.807, 2.05) is 4.90 Å². The van der Waals surface area contributed by atoms with E-state index in [4.69, 9.17) is 4.74 Å². The van der Waals surface area contributed by atoms with Crippen molar-refractivity contribution in [2.24, 2.45) is 10.3 Å². The largest absolute Gasteiger partial charge is 0.450 e. The van der Waals surface area contributed by atoms with Gasteiger partial charge in [-0.25, -0.2) is 4.79 Å². The van der Waals surface area contributed by atoms with Crippen LogP contribution < -0.4 is 10.6 Å².